The molecule has 0 spiro atoms. The maximum absolute atomic E-state index is 11.3. The van der Waals surface area contributed by atoms with Gasteiger partial charge in [0.05, 0.1) is 13.0 Å². The van der Waals surface area contributed by atoms with Crippen LogP contribution in [0.1, 0.15) is 11.9 Å². The van der Waals surface area contributed by atoms with Gasteiger partial charge in [-0.1, -0.05) is 22.7 Å². The summed E-state index contributed by atoms with van der Waals surface area (Å²) in [6.07, 6.45) is 0.164. The summed E-state index contributed by atoms with van der Waals surface area (Å²) in [5, 5.41) is 8.64. The summed E-state index contributed by atoms with van der Waals surface area (Å²) in [4.78, 5) is 15.6. The first kappa shape index (κ1) is 15.4. The van der Waals surface area contributed by atoms with Crippen molar-refractivity contribution < 1.29 is 9.53 Å². The summed E-state index contributed by atoms with van der Waals surface area (Å²) in [6, 6.07) is 0. The van der Waals surface area contributed by atoms with Gasteiger partial charge in [0.2, 0.25) is 0 Å². The van der Waals surface area contributed by atoms with Gasteiger partial charge in [0, 0.05) is 0 Å². The van der Waals surface area contributed by atoms with E-state index in [0.717, 1.165) is 17.1 Å². The van der Waals surface area contributed by atoms with Crippen molar-refractivity contribution >= 4 is 72.3 Å². The predicted molar refractivity (Wildman–Crippen MR) is 81.9 cm³/mol. The number of aromatic nitrogens is 3. The monoisotopic (exact) mass is 443 g/mol. The van der Waals surface area contributed by atoms with E-state index in [9.17, 15) is 4.79 Å². The lowest BCUT2D eigenvalue weighted by atomic mass is 10.5. The fourth-order valence-electron chi connectivity index (χ4n) is 1.07. The Hall–Kier alpha value is -0.0300. The summed E-state index contributed by atoms with van der Waals surface area (Å²) >= 11 is 11.0. The molecule has 0 aromatic carbocycles. The molecule has 2 aromatic heterocycles. The lowest BCUT2D eigenvalue weighted by Gasteiger charge is -1.96. The van der Waals surface area contributed by atoms with Crippen molar-refractivity contribution in [1.29, 1.82) is 0 Å². The fraction of sp³-hybridized carbons (Fsp3) is 0.333. The smallest absolute Gasteiger partial charge is 0.312 e. The molecule has 2 rings (SSSR count). The van der Waals surface area contributed by atoms with Crippen LogP contribution in [0.5, 0.6) is 0 Å². The summed E-state index contributed by atoms with van der Waals surface area (Å²) in [7, 11) is 0. The van der Waals surface area contributed by atoms with Crippen molar-refractivity contribution in [1.82, 2.24) is 15.2 Å². The van der Waals surface area contributed by atoms with Gasteiger partial charge in [0.15, 0.2) is 8.68 Å². The molecule has 0 fully saturated rings. The highest BCUT2D eigenvalue weighted by Gasteiger charge is 2.13. The normalized spacial score (nSPS) is 10.7. The van der Waals surface area contributed by atoms with E-state index >= 15 is 0 Å². The first-order valence-electron chi connectivity index (χ1n) is 5.06. The molecule has 0 aliphatic heterocycles. The minimum absolute atomic E-state index is 0.164. The molecule has 0 amide bonds. The lowest BCUT2D eigenvalue weighted by Crippen LogP contribution is -2.07. The van der Waals surface area contributed by atoms with Gasteiger partial charge in [0.25, 0.3) is 0 Å². The van der Waals surface area contributed by atoms with Crippen molar-refractivity contribution in [2.24, 2.45) is 0 Å². The second-order valence-electron chi connectivity index (χ2n) is 3.09. The maximum atomic E-state index is 11.3. The number of esters is 1. The van der Waals surface area contributed by atoms with Gasteiger partial charge < -0.3 is 4.74 Å². The standard InChI is InChI=1S/C9H7Br2N3O2S3/c1-2-16-5(15)3-4-13-14-9(17-4)19-8-12-6(10)7(11)18-8/h2-3H2,1H3. The Balaban J connectivity index is 1.99. The Labute approximate surface area is 138 Å². The van der Waals surface area contributed by atoms with E-state index in [1.807, 2.05) is 0 Å². The zero-order chi connectivity index (χ0) is 13.8. The van der Waals surface area contributed by atoms with Gasteiger partial charge in [-0.25, -0.2) is 4.98 Å². The number of carbonyl (C=O) groups is 1. The van der Waals surface area contributed by atoms with E-state index in [4.69, 9.17) is 4.74 Å². The van der Waals surface area contributed by atoms with Crippen molar-refractivity contribution in [3.05, 3.63) is 13.4 Å². The lowest BCUT2D eigenvalue weighted by molar-refractivity contribution is -0.142. The van der Waals surface area contributed by atoms with Crippen molar-refractivity contribution in [2.45, 2.75) is 22.0 Å². The van der Waals surface area contributed by atoms with Gasteiger partial charge in [-0.05, 0) is 50.5 Å². The Morgan fingerprint density at radius 1 is 1.32 bits per heavy atom. The quantitative estimate of drug-likeness (QED) is 0.653. The van der Waals surface area contributed by atoms with Crippen LogP contribution < -0.4 is 0 Å². The first-order chi connectivity index (χ1) is 9.08. The molecule has 5 nitrogen and oxygen atoms in total. The second-order valence-corrected chi connectivity index (χ2v) is 8.71. The highest BCUT2D eigenvalue weighted by molar-refractivity contribution is 9.13. The molecule has 0 atom stereocenters. The van der Waals surface area contributed by atoms with Crippen molar-refractivity contribution in [2.75, 3.05) is 6.61 Å². The minimum Gasteiger partial charge on any atom is -0.466 e. The molecule has 0 bridgehead atoms. The van der Waals surface area contributed by atoms with E-state index in [0.29, 0.717) is 11.6 Å². The SMILES string of the molecule is CCOC(=O)Cc1nnc(Sc2nc(Br)c(Br)s2)s1. The Morgan fingerprint density at radius 2 is 2.11 bits per heavy atom. The van der Waals surface area contributed by atoms with Gasteiger partial charge >= 0.3 is 5.97 Å². The van der Waals surface area contributed by atoms with E-state index < -0.39 is 0 Å². The highest BCUT2D eigenvalue weighted by atomic mass is 79.9. The molecular formula is C9H7Br2N3O2S3. The average molecular weight is 445 g/mol. The number of nitrogens with zero attached hydrogens (tertiary/aromatic N) is 3. The zero-order valence-corrected chi connectivity index (χ0v) is 15.2. The summed E-state index contributed by atoms with van der Waals surface area (Å²) in [5.74, 6) is -0.282. The Morgan fingerprint density at radius 3 is 2.74 bits per heavy atom. The van der Waals surface area contributed by atoms with E-state index in [-0.39, 0.29) is 12.4 Å². The molecule has 0 saturated heterocycles. The molecule has 0 unspecified atom stereocenters. The Kier molecular flexibility index (Phi) is 5.75. The molecular weight excluding hydrogens is 438 g/mol. The first-order valence-corrected chi connectivity index (χ1v) is 9.09. The molecule has 0 aliphatic rings. The van der Waals surface area contributed by atoms with Gasteiger partial charge in [0.1, 0.15) is 13.4 Å². The number of halogens is 2. The van der Waals surface area contributed by atoms with Crippen LogP contribution in [0.4, 0.5) is 0 Å². The van der Waals surface area contributed by atoms with Crippen LogP contribution in [0.2, 0.25) is 0 Å². The van der Waals surface area contributed by atoms with Crippen LogP contribution in [0, 0.1) is 0 Å². The maximum Gasteiger partial charge on any atom is 0.312 e. The predicted octanol–water partition coefficient (Wildman–Crippen LogP) is 3.78. The van der Waals surface area contributed by atoms with Gasteiger partial charge in [-0.2, -0.15) is 0 Å². The third kappa shape index (κ3) is 4.48. The van der Waals surface area contributed by atoms with Crippen LogP contribution in [0.25, 0.3) is 0 Å². The van der Waals surface area contributed by atoms with E-state index in [1.165, 1.54) is 34.4 Å². The van der Waals surface area contributed by atoms with Crippen LogP contribution in [-0.4, -0.2) is 27.8 Å². The molecule has 0 N–H and O–H groups in total. The number of hydrogen-bond acceptors (Lipinski definition) is 8. The largest absolute Gasteiger partial charge is 0.466 e. The van der Waals surface area contributed by atoms with E-state index in [1.54, 1.807) is 6.92 Å². The third-order valence-electron chi connectivity index (χ3n) is 1.75. The van der Waals surface area contributed by atoms with Crippen LogP contribution >= 0.6 is 66.3 Å². The van der Waals surface area contributed by atoms with Crippen LogP contribution in [-0.2, 0) is 16.0 Å². The number of thiazole rings is 1. The van der Waals surface area contributed by atoms with Crippen LogP contribution in [0.3, 0.4) is 0 Å². The molecule has 0 radical (unpaired) electrons. The summed E-state index contributed by atoms with van der Waals surface area (Å²) in [6.45, 7) is 2.15. The van der Waals surface area contributed by atoms with Crippen molar-refractivity contribution in [3.8, 4) is 0 Å². The summed E-state index contributed by atoms with van der Waals surface area (Å²) in [5.41, 5.74) is 0. The van der Waals surface area contributed by atoms with Gasteiger partial charge in [-0.3, -0.25) is 4.79 Å². The summed E-state index contributed by atoms with van der Waals surface area (Å²) < 4.78 is 8.19. The second kappa shape index (κ2) is 7.11. The number of ether oxygens (including phenoxy) is 1. The molecule has 2 heterocycles. The minimum atomic E-state index is -0.282. The number of hydrogen-bond donors (Lipinski definition) is 0. The topological polar surface area (TPSA) is 65.0 Å². The molecule has 2 aromatic rings. The Bertz CT molecular complexity index is 568. The van der Waals surface area contributed by atoms with E-state index in [2.05, 4.69) is 47.0 Å². The number of rotatable bonds is 5. The van der Waals surface area contributed by atoms with Gasteiger partial charge in [-0.15, -0.1) is 10.2 Å². The number of carbonyl (C=O) groups excluding carboxylic acids is 1. The third-order valence-corrected chi connectivity index (χ3v) is 6.86. The molecule has 10 heteroatoms. The fourth-order valence-corrected chi connectivity index (χ4v) is 5.44. The molecule has 102 valence electrons. The molecule has 0 aliphatic carbocycles. The molecule has 19 heavy (non-hydrogen) atoms. The van der Waals surface area contributed by atoms with Crippen molar-refractivity contribution in [3.63, 3.8) is 0 Å². The van der Waals surface area contributed by atoms with Crippen LogP contribution in [0.15, 0.2) is 17.1 Å². The molecule has 0 saturated carbocycles. The average Bonchev–Trinajstić information content (AvgIpc) is 2.88. The highest BCUT2D eigenvalue weighted by Crippen LogP contribution is 2.38. The zero-order valence-electron chi connectivity index (χ0n) is 9.55.